The van der Waals surface area contributed by atoms with E-state index in [2.05, 4.69) is 9.97 Å². The first-order valence-electron chi connectivity index (χ1n) is 4.55. The van der Waals surface area contributed by atoms with E-state index in [1.165, 1.54) is 0 Å². The molecule has 17 heavy (non-hydrogen) atoms. The second-order valence-electron chi connectivity index (χ2n) is 2.86. The Morgan fingerprint density at radius 1 is 0.706 bits per heavy atom. The van der Waals surface area contributed by atoms with Crippen molar-refractivity contribution >= 4 is 49.6 Å². The quantitative estimate of drug-likeness (QED) is 0.690. The molecule has 90 valence electrons. The van der Waals surface area contributed by atoms with E-state index < -0.39 is 9.55 Å². The van der Waals surface area contributed by atoms with Crippen molar-refractivity contribution in [2.24, 2.45) is 0 Å². The second kappa shape index (κ2) is 7.44. The summed E-state index contributed by atoms with van der Waals surface area (Å²) in [4.78, 5) is 8.37. The summed E-state index contributed by atoms with van der Waals surface area (Å²) in [6.07, 6.45) is 3.54. The van der Waals surface area contributed by atoms with E-state index in [4.69, 9.17) is 40.0 Å². The van der Waals surface area contributed by atoms with Crippen LogP contribution in [0.2, 0.25) is 0 Å². The maximum Gasteiger partial charge on any atom is 0.0886 e. The van der Waals surface area contributed by atoms with Gasteiger partial charge in [-0.05, 0) is 24.3 Å². The molecule has 0 aromatic carbocycles. The van der Waals surface area contributed by atoms with Crippen LogP contribution in [0.4, 0.5) is 0 Å². The average Bonchev–Trinajstić information content (AvgIpc) is 2.29. The zero-order chi connectivity index (χ0) is 12.7. The summed E-state index contributed by atoms with van der Waals surface area (Å²) >= 11 is 0. The van der Waals surface area contributed by atoms with Crippen LogP contribution < -0.4 is 0 Å². The number of halogens is 4. The fraction of sp³-hybridized carbons (Fsp3) is 0. The van der Waals surface area contributed by atoms with Crippen molar-refractivity contribution in [1.82, 2.24) is 9.97 Å². The number of hydrogen-bond donors (Lipinski definition) is 0. The molecular formula is C10H8Cl4GeN2. The van der Waals surface area contributed by atoms with E-state index in [0.29, 0.717) is 0 Å². The zero-order valence-corrected chi connectivity index (χ0v) is 13.6. The van der Waals surface area contributed by atoms with Crippen LogP contribution in [-0.4, -0.2) is 19.5 Å². The topological polar surface area (TPSA) is 25.8 Å². The van der Waals surface area contributed by atoms with E-state index in [0.717, 1.165) is 11.4 Å². The van der Waals surface area contributed by atoms with Gasteiger partial charge in [0.15, 0.2) is 0 Å². The molecule has 0 atom stereocenters. The minimum atomic E-state index is -3.11. The SMILES string of the molecule is [Cl][Ge]([Cl])([Cl])[Cl].c1ccc(-c2ccccn2)nc1. The molecule has 0 fully saturated rings. The van der Waals surface area contributed by atoms with E-state index in [1.54, 1.807) is 12.4 Å². The zero-order valence-electron chi connectivity index (χ0n) is 8.53. The van der Waals surface area contributed by atoms with Gasteiger partial charge in [-0.25, -0.2) is 0 Å². The molecule has 0 amide bonds. The fourth-order valence-electron chi connectivity index (χ4n) is 1.03. The molecule has 0 aliphatic heterocycles. The Morgan fingerprint density at radius 2 is 1.06 bits per heavy atom. The molecule has 2 rings (SSSR count). The van der Waals surface area contributed by atoms with Crippen molar-refractivity contribution in [3.05, 3.63) is 48.8 Å². The van der Waals surface area contributed by atoms with Gasteiger partial charge in [0.1, 0.15) is 0 Å². The first-order valence-corrected chi connectivity index (χ1v) is 15.6. The summed E-state index contributed by atoms with van der Waals surface area (Å²) in [7, 11) is 16.9. The summed E-state index contributed by atoms with van der Waals surface area (Å²) in [6.45, 7) is 0. The van der Waals surface area contributed by atoms with E-state index >= 15 is 0 Å². The van der Waals surface area contributed by atoms with Gasteiger partial charge in [-0.2, -0.15) is 0 Å². The van der Waals surface area contributed by atoms with Crippen LogP contribution in [0.25, 0.3) is 11.4 Å². The van der Waals surface area contributed by atoms with Gasteiger partial charge in [-0.3, -0.25) is 9.97 Å². The summed E-state index contributed by atoms with van der Waals surface area (Å²) in [5, 5.41) is 0. The molecule has 0 spiro atoms. The molecule has 2 aromatic heterocycles. The maximum atomic E-state index is 5.01. The molecule has 0 bridgehead atoms. The van der Waals surface area contributed by atoms with Crippen molar-refractivity contribution in [2.75, 3.05) is 0 Å². The molecule has 2 aromatic rings. The standard InChI is InChI=1S/C10H8N2.Cl4Ge/c1-3-7-11-9(5-1)10-6-2-4-8-12-10;1-5(2,3)4/h1-8H;. The minimum absolute atomic E-state index is 0.915. The summed E-state index contributed by atoms with van der Waals surface area (Å²) in [5.74, 6) is 0. The van der Waals surface area contributed by atoms with Gasteiger partial charge in [-0.1, -0.05) is 12.1 Å². The van der Waals surface area contributed by atoms with Gasteiger partial charge in [0.2, 0.25) is 0 Å². The van der Waals surface area contributed by atoms with Crippen molar-refractivity contribution in [1.29, 1.82) is 0 Å². The fourth-order valence-corrected chi connectivity index (χ4v) is 1.03. The van der Waals surface area contributed by atoms with Gasteiger partial charge in [0, 0.05) is 12.4 Å². The van der Waals surface area contributed by atoms with Crippen molar-refractivity contribution in [3.63, 3.8) is 0 Å². The van der Waals surface area contributed by atoms with Crippen molar-refractivity contribution < 1.29 is 0 Å². The Hall–Kier alpha value is 0.00286. The third kappa shape index (κ3) is 7.84. The average molecular weight is 371 g/mol. The number of nitrogens with zero attached hydrogens (tertiary/aromatic N) is 2. The largest absolute Gasteiger partial charge is 0.255 e. The molecule has 0 saturated heterocycles. The van der Waals surface area contributed by atoms with Crippen LogP contribution in [0.3, 0.4) is 0 Å². The molecule has 0 saturated carbocycles. The van der Waals surface area contributed by atoms with Gasteiger partial charge in [0.25, 0.3) is 0 Å². The summed E-state index contributed by atoms with van der Waals surface area (Å²) in [5.41, 5.74) is 1.83. The van der Waals surface area contributed by atoms with Crippen LogP contribution >= 0.6 is 40.0 Å². The van der Waals surface area contributed by atoms with Gasteiger partial charge in [-0.15, -0.1) is 0 Å². The van der Waals surface area contributed by atoms with Crippen molar-refractivity contribution in [2.45, 2.75) is 0 Å². The molecule has 0 unspecified atom stereocenters. The number of rotatable bonds is 1. The van der Waals surface area contributed by atoms with E-state index in [9.17, 15) is 0 Å². The Bertz CT molecular complexity index is 390. The third-order valence-electron chi connectivity index (χ3n) is 1.59. The van der Waals surface area contributed by atoms with Gasteiger partial charge >= 0.3 is 49.6 Å². The van der Waals surface area contributed by atoms with Crippen LogP contribution in [0.15, 0.2) is 48.8 Å². The third-order valence-corrected chi connectivity index (χ3v) is 1.59. The molecule has 2 nitrogen and oxygen atoms in total. The van der Waals surface area contributed by atoms with Crippen LogP contribution in [0.1, 0.15) is 0 Å². The Balaban J connectivity index is 0.000000249. The smallest absolute Gasteiger partial charge is 0.0886 e. The van der Waals surface area contributed by atoms with Crippen LogP contribution in [-0.2, 0) is 0 Å². The predicted molar refractivity (Wildman–Crippen MR) is 76.6 cm³/mol. The second-order valence-corrected chi connectivity index (χ2v) is 22.5. The molecule has 0 N–H and O–H groups in total. The summed E-state index contributed by atoms with van der Waals surface area (Å²) < 4.78 is 0. The number of hydrogen-bond acceptors (Lipinski definition) is 2. The number of aromatic nitrogens is 2. The minimum Gasteiger partial charge on any atom is -0.255 e. The Morgan fingerprint density at radius 3 is 1.29 bits per heavy atom. The molecule has 7 heteroatoms. The molecule has 2 heterocycles. The van der Waals surface area contributed by atoms with E-state index in [1.807, 2.05) is 36.4 Å². The molecule has 0 radical (unpaired) electrons. The van der Waals surface area contributed by atoms with Crippen LogP contribution in [0, 0.1) is 0 Å². The first kappa shape index (κ1) is 15.1. The Labute approximate surface area is 119 Å². The normalized spacial score (nSPS) is 10.4. The first-order chi connectivity index (χ1) is 7.97. The van der Waals surface area contributed by atoms with Gasteiger partial charge in [0.05, 0.1) is 11.4 Å². The van der Waals surface area contributed by atoms with Crippen LogP contribution in [0.5, 0.6) is 0 Å². The predicted octanol–water partition coefficient (Wildman–Crippen LogP) is 4.52. The number of pyridine rings is 2. The maximum absolute atomic E-state index is 5.01. The molecule has 0 aliphatic carbocycles. The molecule has 0 aliphatic rings. The molecular weight excluding hydrogens is 363 g/mol. The Kier molecular flexibility index (Phi) is 6.59. The monoisotopic (exact) mass is 370 g/mol. The summed E-state index contributed by atoms with van der Waals surface area (Å²) in [6, 6.07) is 11.6. The van der Waals surface area contributed by atoms with E-state index in [-0.39, 0.29) is 0 Å². The van der Waals surface area contributed by atoms with Crippen molar-refractivity contribution in [3.8, 4) is 11.4 Å². The van der Waals surface area contributed by atoms with Gasteiger partial charge < -0.3 is 0 Å².